The van der Waals surface area contributed by atoms with Gasteiger partial charge in [-0.25, -0.2) is 8.78 Å². The van der Waals surface area contributed by atoms with E-state index in [9.17, 15) is 8.78 Å². The normalized spacial score (nSPS) is 12.0. The number of hydrogen-bond acceptors (Lipinski definition) is 2. The van der Waals surface area contributed by atoms with Gasteiger partial charge in [0.25, 0.3) is 0 Å². The number of methoxy groups -OCH3 is 1. The molecule has 0 radical (unpaired) electrons. The van der Waals surface area contributed by atoms with E-state index in [-0.39, 0.29) is 6.04 Å². The molecule has 1 N–H and O–H groups in total. The monoisotopic (exact) mass is 263 g/mol. The van der Waals surface area contributed by atoms with Gasteiger partial charge in [-0.15, -0.1) is 0 Å². The Morgan fingerprint density at radius 1 is 1.05 bits per heavy atom. The van der Waals surface area contributed by atoms with Crippen LogP contribution >= 0.6 is 0 Å². The van der Waals surface area contributed by atoms with Gasteiger partial charge in [0.1, 0.15) is 17.4 Å². The van der Waals surface area contributed by atoms with Crippen LogP contribution in [0.15, 0.2) is 42.5 Å². The Morgan fingerprint density at radius 3 is 2.32 bits per heavy atom. The predicted molar refractivity (Wildman–Crippen MR) is 71.4 cm³/mol. The highest BCUT2D eigenvalue weighted by molar-refractivity contribution is 5.48. The first-order valence-corrected chi connectivity index (χ1v) is 5.95. The highest BCUT2D eigenvalue weighted by Crippen LogP contribution is 2.23. The molecule has 1 atom stereocenters. The van der Waals surface area contributed by atoms with Gasteiger partial charge in [-0.1, -0.05) is 6.07 Å². The first kappa shape index (κ1) is 13.3. The molecular formula is C15H15F2NO. The lowest BCUT2D eigenvalue weighted by atomic mass is 10.1. The quantitative estimate of drug-likeness (QED) is 0.894. The number of benzene rings is 2. The number of anilines is 1. The molecule has 0 aliphatic carbocycles. The highest BCUT2D eigenvalue weighted by Gasteiger charge is 2.11. The van der Waals surface area contributed by atoms with Gasteiger partial charge < -0.3 is 10.1 Å². The molecule has 0 fully saturated rings. The standard InChI is InChI=1S/C15H15F2NO/c1-10(14-8-3-11(16)9-15(14)17)18-12-4-6-13(19-2)7-5-12/h3-10,18H,1-2H3. The molecule has 0 spiro atoms. The molecule has 19 heavy (non-hydrogen) atoms. The second-order valence-electron chi connectivity index (χ2n) is 4.26. The van der Waals surface area contributed by atoms with Gasteiger partial charge >= 0.3 is 0 Å². The number of rotatable bonds is 4. The SMILES string of the molecule is COc1ccc(NC(C)c2ccc(F)cc2F)cc1. The molecule has 100 valence electrons. The molecule has 0 saturated heterocycles. The molecule has 2 nitrogen and oxygen atoms in total. The lowest BCUT2D eigenvalue weighted by molar-refractivity contribution is 0.415. The first-order chi connectivity index (χ1) is 9.10. The predicted octanol–water partition coefficient (Wildman–Crippen LogP) is 4.15. The fourth-order valence-corrected chi connectivity index (χ4v) is 1.87. The van der Waals surface area contributed by atoms with Gasteiger partial charge in [0.15, 0.2) is 0 Å². The fraction of sp³-hybridized carbons (Fsp3) is 0.200. The summed E-state index contributed by atoms with van der Waals surface area (Å²) in [4.78, 5) is 0. The average molecular weight is 263 g/mol. The van der Waals surface area contributed by atoms with Crippen molar-refractivity contribution in [2.75, 3.05) is 12.4 Å². The lowest BCUT2D eigenvalue weighted by Crippen LogP contribution is -2.08. The maximum Gasteiger partial charge on any atom is 0.131 e. The molecule has 1 unspecified atom stereocenters. The Hall–Kier alpha value is -2.10. The average Bonchev–Trinajstić information content (AvgIpc) is 2.39. The summed E-state index contributed by atoms with van der Waals surface area (Å²) in [5, 5.41) is 3.15. The van der Waals surface area contributed by atoms with Crippen LogP contribution in [-0.4, -0.2) is 7.11 Å². The highest BCUT2D eigenvalue weighted by atomic mass is 19.1. The summed E-state index contributed by atoms with van der Waals surface area (Å²) in [5.41, 5.74) is 1.27. The topological polar surface area (TPSA) is 21.3 Å². The van der Waals surface area contributed by atoms with Crippen molar-refractivity contribution in [3.63, 3.8) is 0 Å². The van der Waals surface area contributed by atoms with E-state index in [4.69, 9.17) is 4.74 Å². The largest absolute Gasteiger partial charge is 0.497 e. The maximum absolute atomic E-state index is 13.6. The van der Waals surface area contributed by atoms with Crippen LogP contribution in [-0.2, 0) is 0 Å². The van der Waals surface area contributed by atoms with Crippen molar-refractivity contribution in [1.82, 2.24) is 0 Å². The van der Waals surface area contributed by atoms with E-state index in [0.717, 1.165) is 17.5 Å². The van der Waals surface area contributed by atoms with E-state index in [2.05, 4.69) is 5.32 Å². The molecule has 2 rings (SSSR count). The summed E-state index contributed by atoms with van der Waals surface area (Å²) in [6, 6.07) is 10.7. The van der Waals surface area contributed by atoms with Crippen LogP contribution in [0.1, 0.15) is 18.5 Å². The summed E-state index contributed by atoms with van der Waals surface area (Å²) in [6.45, 7) is 1.82. The van der Waals surface area contributed by atoms with Crippen molar-refractivity contribution < 1.29 is 13.5 Å². The van der Waals surface area contributed by atoms with E-state index in [1.54, 1.807) is 7.11 Å². The molecule has 2 aromatic rings. The van der Waals surface area contributed by atoms with Crippen LogP contribution in [0.3, 0.4) is 0 Å². The second kappa shape index (κ2) is 5.69. The van der Waals surface area contributed by atoms with Crippen molar-refractivity contribution in [1.29, 1.82) is 0 Å². The van der Waals surface area contributed by atoms with Crippen molar-refractivity contribution in [2.24, 2.45) is 0 Å². The number of hydrogen-bond donors (Lipinski definition) is 1. The molecule has 4 heteroatoms. The minimum atomic E-state index is -0.571. The zero-order valence-electron chi connectivity index (χ0n) is 10.8. The van der Waals surface area contributed by atoms with E-state index in [1.165, 1.54) is 12.1 Å². The molecule has 0 amide bonds. The minimum absolute atomic E-state index is 0.256. The van der Waals surface area contributed by atoms with E-state index in [0.29, 0.717) is 5.56 Å². The van der Waals surface area contributed by atoms with Gasteiger partial charge in [0.2, 0.25) is 0 Å². The Bertz CT molecular complexity index is 555. The summed E-state index contributed by atoms with van der Waals surface area (Å²) in [5.74, 6) is -0.363. The number of nitrogens with one attached hydrogen (secondary N) is 1. The van der Waals surface area contributed by atoms with Gasteiger partial charge in [0.05, 0.1) is 13.2 Å². The lowest BCUT2D eigenvalue weighted by Gasteiger charge is -2.16. The number of halogens is 2. The first-order valence-electron chi connectivity index (χ1n) is 5.95. The summed E-state index contributed by atoms with van der Waals surface area (Å²) in [6.07, 6.45) is 0. The van der Waals surface area contributed by atoms with Crippen LogP contribution in [0.25, 0.3) is 0 Å². The summed E-state index contributed by atoms with van der Waals surface area (Å²) >= 11 is 0. The third-order valence-electron chi connectivity index (χ3n) is 2.90. The summed E-state index contributed by atoms with van der Waals surface area (Å²) < 4.78 is 31.5. The smallest absolute Gasteiger partial charge is 0.131 e. The Balaban J connectivity index is 2.13. The number of ether oxygens (including phenoxy) is 1. The van der Waals surface area contributed by atoms with Gasteiger partial charge in [-0.2, -0.15) is 0 Å². The Labute approximate surface area is 111 Å². The van der Waals surface area contributed by atoms with Crippen LogP contribution < -0.4 is 10.1 Å². The van der Waals surface area contributed by atoms with Crippen molar-refractivity contribution in [3.8, 4) is 5.75 Å². The van der Waals surface area contributed by atoms with E-state index < -0.39 is 11.6 Å². The zero-order chi connectivity index (χ0) is 13.8. The summed E-state index contributed by atoms with van der Waals surface area (Å²) in [7, 11) is 1.60. The zero-order valence-corrected chi connectivity index (χ0v) is 10.8. The van der Waals surface area contributed by atoms with E-state index >= 15 is 0 Å². The van der Waals surface area contributed by atoms with Crippen LogP contribution in [0, 0.1) is 11.6 Å². The van der Waals surface area contributed by atoms with Crippen molar-refractivity contribution in [2.45, 2.75) is 13.0 Å². The van der Waals surface area contributed by atoms with Crippen molar-refractivity contribution >= 4 is 5.69 Å². The minimum Gasteiger partial charge on any atom is -0.497 e. The molecule has 0 heterocycles. The molecule has 0 bridgehead atoms. The van der Waals surface area contributed by atoms with Crippen LogP contribution in [0.4, 0.5) is 14.5 Å². The Morgan fingerprint density at radius 2 is 1.74 bits per heavy atom. The maximum atomic E-state index is 13.6. The molecule has 0 saturated carbocycles. The van der Waals surface area contributed by atoms with Crippen LogP contribution in [0.5, 0.6) is 5.75 Å². The van der Waals surface area contributed by atoms with Crippen LogP contribution in [0.2, 0.25) is 0 Å². The van der Waals surface area contributed by atoms with Gasteiger partial charge in [-0.3, -0.25) is 0 Å². The molecular weight excluding hydrogens is 248 g/mol. The molecule has 0 aliphatic heterocycles. The van der Waals surface area contributed by atoms with Gasteiger partial charge in [0, 0.05) is 17.3 Å². The Kier molecular flexibility index (Phi) is 4.00. The molecule has 2 aromatic carbocycles. The third kappa shape index (κ3) is 3.22. The third-order valence-corrected chi connectivity index (χ3v) is 2.90. The van der Waals surface area contributed by atoms with E-state index in [1.807, 2.05) is 31.2 Å². The fourth-order valence-electron chi connectivity index (χ4n) is 1.87. The molecule has 0 aliphatic rings. The van der Waals surface area contributed by atoms with Gasteiger partial charge in [-0.05, 0) is 37.3 Å². The molecule has 0 aromatic heterocycles. The second-order valence-corrected chi connectivity index (χ2v) is 4.26. The van der Waals surface area contributed by atoms with Crippen molar-refractivity contribution in [3.05, 3.63) is 59.7 Å².